The molecule has 128 valence electrons. The van der Waals surface area contributed by atoms with E-state index in [-0.39, 0.29) is 0 Å². The largest absolute Gasteiger partial charge is 0.367 e. The molecule has 0 N–H and O–H groups in total. The van der Waals surface area contributed by atoms with Crippen LogP contribution in [0.1, 0.15) is 20.7 Å². The van der Waals surface area contributed by atoms with Crippen LogP contribution in [-0.2, 0) is 0 Å². The van der Waals surface area contributed by atoms with Gasteiger partial charge in [-0.15, -0.1) is 0 Å². The van der Waals surface area contributed by atoms with Crippen LogP contribution in [0.4, 0.5) is 15.8 Å². The van der Waals surface area contributed by atoms with Crippen LogP contribution >= 0.6 is 0 Å². The highest BCUT2D eigenvalue weighted by Crippen LogP contribution is 2.36. The normalized spacial score (nSPS) is 18.0. The van der Waals surface area contributed by atoms with Crippen molar-refractivity contribution in [3.05, 3.63) is 59.4 Å². The van der Waals surface area contributed by atoms with E-state index in [9.17, 15) is 14.0 Å². The number of amides is 2. The Kier molecular flexibility index (Phi) is 3.77. The highest BCUT2D eigenvalue weighted by atomic mass is 19.1. The zero-order valence-corrected chi connectivity index (χ0v) is 13.9. The van der Waals surface area contributed by atoms with Crippen molar-refractivity contribution >= 4 is 23.2 Å². The van der Waals surface area contributed by atoms with Gasteiger partial charge in [-0.05, 0) is 31.3 Å². The van der Waals surface area contributed by atoms with Gasteiger partial charge in [0.25, 0.3) is 11.8 Å². The van der Waals surface area contributed by atoms with Crippen LogP contribution in [0.3, 0.4) is 0 Å². The Bertz CT molecular complexity index is 824. The Labute approximate surface area is 145 Å². The summed E-state index contributed by atoms with van der Waals surface area (Å²) < 4.78 is 13.9. The maximum absolute atomic E-state index is 13.9. The van der Waals surface area contributed by atoms with Gasteiger partial charge in [0.05, 0.1) is 22.5 Å². The molecule has 0 radical (unpaired) electrons. The molecule has 0 aliphatic carbocycles. The van der Waals surface area contributed by atoms with Gasteiger partial charge in [0.2, 0.25) is 0 Å². The Balaban J connectivity index is 1.77. The summed E-state index contributed by atoms with van der Waals surface area (Å²) in [4.78, 5) is 30.9. The molecular formula is C19H18FN3O2. The second kappa shape index (κ2) is 5.97. The molecule has 5 nitrogen and oxygen atoms in total. The summed E-state index contributed by atoms with van der Waals surface area (Å²) in [6.07, 6.45) is 0. The smallest absolute Gasteiger partial charge is 0.266 e. The first-order chi connectivity index (χ1) is 12.1. The number of benzene rings is 2. The minimum atomic E-state index is -0.468. The lowest BCUT2D eigenvalue weighted by atomic mass is 10.1. The molecule has 2 aliphatic rings. The molecule has 0 saturated carbocycles. The summed E-state index contributed by atoms with van der Waals surface area (Å²) >= 11 is 0. The number of anilines is 2. The number of carbonyl (C=O) groups excluding carboxylic acids is 2. The molecule has 2 heterocycles. The van der Waals surface area contributed by atoms with Crippen molar-refractivity contribution in [2.75, 3.05) is 43.0 Å². The minimum Gasteiger partial charge on any atom is -0.367 e. The van der Waals surface area contributed by atoms with Gasteiger partial charge < -0.3 is 9.80 Å². The monoisotopic (exact) mass is 339 g/mol. The molecule has 0 unspecified atom stereocenters. The van der Waals surface area contributed by atoms with E-state index in [1.54, 1.807) is 30.3 Å². The molecule has 2 amide bonds. The highest BCUT2D eigenvalue weighted by molar-refractivity contribution is 6.35. The number of rotatable bonds is 2. The summed E-state index contributed by atoms with van der Waals surface area (Å²) in [7, 11) is 2.05. The Morgan fingerprint density at radius 2 is 1.44 bits per heavy atom. The van der Waals surface area contributed by atoms with Crippen molar-refractivity contribution in [3.63, 3.8) is 0 Å². The molecule has 0 atom stereocenters. The Morgan fingerprint density at radius 1 is 0.840 bits per heavy atom. The zero-order chi connectivity index (χ0) is 17.6. The van der Waals surface area contributed by atoms with E-state index in [0.29, 0.717) is 22.5 Å². The lowest BCUT2D eigenvalue weighted by Gasteiger charge is -2.36. The molecule has 0 bridgehead atoms. The molecule has 6 heteroatoms. The average Bonchev–Trinajstić information content (AvgIpc) is 2.87. The fourth-order valence-corrected chi connectivity index (χ4v) is 3.40. The number of likely N-dealkylation sites (N-methyl/N-ethyl adjacent to an activating group) is 1. The summed E-state index contributed by atoms with van der Waals surface area (Å²) in [6, 6.07) is 11.0. The van der Waals surface area contributed by atoms with Crippen molar-refractivity contribution in [2.24, 2.45) is 0 Å². The van der Waals surface area contributed by atoms with Gasteiger partial charge in [0.15, 0.2) is 0 Å². The second-order valence-corrected chi connectivity index (χ2v) is 6.41. The van der Waals surface area contributed by atoms with E-state index in [1.165, 1.54) is 12.1 Å². The van der Waals surface area contributed by atoms with Crippen LogP contribution in [0, 0.1) is 5.82 Å². The van der Waals surface area contributed by atoms with Crippen molar-refractivity contribution in [2.45, 2.75) is 0 Å². The van der Waals surface area contributed by atoms with E-state index in [2.05, 4.69) is 9.80 Å². The van der Waals surface area contributed by atoms with E-state index >= 15 is 0 Å². The van der Waals surface area contributed by atoms with Crippen LogP contribution in [0.5, 0.6) is 0 Å². The van der Waals surface area contributed by atoms with Crippen molar-refractivity contribution < 1.29 is 14.0 Å². The number of halogens is 1. The number of carbonyl (C=O) groups is 2. The van der Waals surface area contributed by atoms with Gasteiger partial charge in [-0.1, -0.05) is 12.1 Å². The molecular weight excluding hydrogens is 321 g/mol. The third-order valence-corrected chi connectivity index (χ3v) is 4.82. The lowest BCUT2D eigenvalue weighted by Crippen LogP contribution is -2.45. The van der Waals surface area contributed by atoms with Crippen LogP contribution in [-0.4, -0.2) is 49.9 Å². The number of hydrogen-bond acceptors (Lipinski definition) is 4. The number of nitrogens with zero attached hydrogens (tertiary/aromatic N) is 3. The molecule has 2 aromatic rings. The van der Waals surface area contributed by atoms with Crippen molar-refractivity contribution in [1.82, 2.24) is 4.90 Å². The number of fused-ring (bicyclic) bond motifs is 1. The first-order valence-corrected chi connectivity index (χ1v) is 8.27. The molecule has 0 aromatic heterocycles. The van der Waals surface area contributed by atoms with Crippen LogP contribution in [0.15, 0.2) is 42.5 Å². The summed E-state index contributed by atoms with van der Waals surface area (Å²) in [6.45, 7) is 3.27. The fraction of sp³-hybridized carbons (Fsp3) is 0.263. The summed E-state index contributed by atoms with van der Waals surface area (Å²) in [5, 5.41) is 0. The predicted octanol–water partition coefficient (Wildman–Crippen LogP) is 2.38. The van der Waals surface area contributed by atoms with Gasteiger partial charge in [-0.2, -0.15) is 0 Å². The highest BCUT2D eigenvalue weighted by Gasteiger charge is 2.38. The molecule has 0 spiro atoms. The van der Waals surface area contributed by atoms with Gasteiger partial charge in [-0.3, -0.25) is 9.59 Å². The van der Waals surface area contributed by atoms with Gasteiger partial charge >= 0.3 is 0 Å². The average molecular weight is 339 g/mol. The lowest BCUT2D eigenvalue weighted by molar-refractivity contribution is 0.0926. The number of imide groups is 1. The first kappa shape index (κ1) is 15.8. The van der Waals surface area contributed by atoms with Crippen LogP contribution in [0.25, 0.3) is 0 Å². The number of hydrogen-bond donors (Lipinski definition) is 0. The molecule has 4 rings (SSSR count). The quantitative estimate of drug-likeness (QED) is 0.788. The van der Waals surface area contributed by atoms with E-state index in [4.69, 9.17) is 0 Å². The Hall–Kier alpha value is -2.73. The van der Waals surface area contributed by atoms with E-state index in [1.807, 2.05) is 7.05 Å². The topological polar surface area (TPSA) is 43.9 Å². The van der Waals surface area contributed by atoms with Crippen LogP contribution in [0.2, 0.25) is 0 Å². The summed E-state index contributed by atoms with van der Waals surface area (Å²) in [5.74, 6) is -1.27. The molecule has 1 saturated heterocycles. The molecule has 25 heavy (non-hydrogen) atoms. The summed E-state index contributed by atoms with van der Waals surface area (Å²) in [5.41, 5.74) is 1.75. The third-order valence-electron chi connectivity index (χ3n) is 4.82. The zero-order valence-electron chi connectivity index (χ0n) is 13.9. The third kappa shape index (κ3) is 2.59. The Morgan fingerprint density at radius 3 is 2.04 bits per heavy atom. The van der Waals surface area contributed by atoms with E-state index < -0.39 is 17.6 Å². The second-order valence-electron chi connectivity index (χ2n) is 6.41. The van der Waals surface area contributed by atoms with Gasteiger partial charge in [0.1, 0.15) is 5.82 Å². The maximum Gasteiger partial charge on any atom is 0.266 e. The predicted molar refractivity (Wildman–Crippen MR) is 93.7 cm³/mol. The van der Waals surface area contributed by atoms with Crippen LogP contribution < -0.4 is 9.80 Å². The van der Waals surface area contributed by atoms with Gasteiger partial charge in [0, 0.05) is 32.2 Å². The molecule has 2 aromatic carbocycles. The van der Waals surface area contributed by atoms with E-state index in [0.717, 1.165) is 31.1 Å². The fourth-order valence-electron chi connectivity index (χ4n) is 3.40. The van der Waals surface area contributed by atoms with Crippen molar-refractivity contribution in [1.29, 1.82) is 0 Å². The number of piperazine rings is 1. The van der Waals surface area contributed by atoms with Gasteiger partial charge in [-0.25, -0.2) is 9.29 Å². The molecule has 1 fully saturated rings. The maximum atomic E-state index is 13.9. The van der Waals surface area contributed by atoms with Crippen molar-refractivity contribution in [3.8, 4) is 0 Å². The molecule has 2 aliphatic heterocycles. The standard InChI is InChI=1S/C19H18FN3O2/c1-21-8-10-22(11-9-21)16-7-6-13(20)12-17(16)23-18(24)14-4-2-3-5-15(14)19(23)25/h2-7,12H,8-11H2,1H3. The first-order valence-electron chi connectivity index (χ1n) is 8.27. The SMILES string of the molecule is CN1CCN(c2ccc(F)cc2N2C(=O)c3ccccc3C2=O)CC1. The minimum absolute atomic E-state index is 0.316.